The lowest BCUT2D eigenvalue weighted by Crippen LogP contribution is -2.19. The van der Waals surface area contributed by atoms with E-state index >= 15 is 0 Å². The quantitative estimate of drug-likeness (QED) is 0.697. The van der Waals surface area contributed by atoms with Gasteiger partial charge in [-0.1, -0.05) is 5.92 Å². The van der Waals surface area contributed by atoms with Crippen molar-refractivity contribution in [2.75, 3.05) is 37.0 Å². The number of hydrogen-bond donors (Lipinski definition) is 2. The van der Waals surface area contributed by atoms with Crippen LogP contribution in [0, 0.1) is 11.8 Å². The lowest BCUT2D eigenvalue weighted by atomic mass is 10.2. The normalized spacial score (nSPS) is 10.4. The summed E-state index contributed by atoms with van der Waals surface area (Å²) in [5.74, 6) is 7.13. The predicted molar refractivity (Wildman–Crippen MR) is 102 cm³/mol. The number of benzene rings is 1. The fourth-order valence-corrected chi connectivity index (χ4v) is 2.55. The van der Waals surface area contributed by atoms with E-state index in [1.807, 2.05) is 61.3 Å². The van der Waals surface area contributed by atoms with Gasteiger partial charge in [0.25, 0.3) is 0 Å². The van der Waals surface area contributed by atoms with Crippen molar-refractivity contribution in [3.05, 3.63) is 53.7 Å². The van der Waals surface area contributed by atoms with Crippen LogP contribution in [0.2, 0.25) is 0 Å². The van der Waals surface area contributed by atoms with Crippen molar-refractivity contribution < 1.29 is 4.39 Å². The Kier molecular flexibility index (Phi) is 5.20. The van der Waals surface area contributed by atoms with Gasteiger partial charge in [0.1, 0.15) is 18.1 Å². The van der Waals surface area contributed by atoms with Gasteiger partial charge in [-0.3, -0.25) is 0 Å². The molecule has 1 aromatic carbocycles. The zero-order chi connectivity index (χ0) is 17.6. The highest BCUT2D eigenvalue weighted by Gasteiger charge is 2.02. The molecule has 2 aromatic heterocycles. The Bertz CT molecular complexity index is 903. The van der Waals surface area contributed by atoms with Crippen LogP contribution in [0.25, 0.3) is 11.0 Å². The Labute approximate surface area is 147 Å². The first-order valence-electron chi connectivity index (χ1n) is 8.32. The minimum absolute atomic E-state index is 0.359. The molecule has 25 heavy (non-hydrogen) atoms. The van der Waals surface area contributed by atoms with E-state index < -0.39 is 0 Å². The Morgan fingerprint density at radius 1 is 1.16 bits per heavy atom. The number of alkyl halides is 1. The number of H-pyrrole nitrogens is 1. The van der Waals surface area contributed by atoms with Gasteiger partial charge < -0.3 is 15.2 Å². The molecule has 3 rings (SSSR count). The second-order valence-corrected chi connectivity index (χ2v) is 5.76. The summed E-state index contributed by atoms with van der Waals surface area (Å²) in [5.41, 5.74) is 3.55. The molecule has 0 fully saturated rings. The molecule has 3 aromatic rings. The van der Waals surface area contributed by atoms with Gasteiger partial charge in [-0.05, 0) is 55.3 Å². The number of aromatic nitrogens is 2. The van der Waals surface area contributed by atoms with E-state index in [1.54, 1.807) is 0 Å². The molecule has 0 atom stereocenters. The summed E-state index contributed by atoms with van der Waals surface area (Å²) in [6.45, 7) is 2.91. The van der Waals surface area contributed by atoms with Gasteiger partial charge >= 0.3 is 0 Å². The standard InChI is InChI=1S/C20H21FN4/c1-3-22-19-11-7-16-14-17(23-20(16)24-19)8-4-15-5-9-18(10-6-15)25(2)13-12-21/h5-7,9-11,14H,3,12-13H2,1-2H3,(H2,22,23,24). The molecule has 0 aliphatic carbocycles. The molecule has 5 heteroatoms. The largest absolute Gasteiger partial charge is 0.372 e. The molecule has 128 valence electrons. The highest BCUT2D eigenvalue weighted by molar-refractivity contribution is 5.79. The maximum absolute atomic E-state index is 12.4. The Balaban J connectivity index is 1.77. The third-order valence-corrected chi connectivity index (χ3v) is 3.91. The fraction of sp³-hybridized carbons (Fsp3) is 0.250. The Morgan fingerprint density at radius 2 is 1.96 bits per heavy atom. The summed E-state index contributed by atoms with van der Waals surface area (Å²) in [7, 11) is 1.87. The molecular weight excluding hydrogens is 315 g/mol. The van der Waals surface area contributed by atoms with Crippen molar-refractivity contribution in [2.45, 2.75) is 6.92 Å². The SMILES string of the molecule is CCNc1ccc2cc(C#Cc3ccc(N(C)CCF)cc3)[nH]c2n1. The molecule has 0 radical (unpaired) electrons. The van der Waals surface area contributed by atoms with Gasteiger partial charge in [0.15, 0.2) is 0 Å². The first-order chi connectivity index (χ1) is 12.2. The van der Waals surface area contributed by atoms with Gasteiger partial charge in [-0.25, -0.2) is 9.37 Å². The van der Waals surface area contributed by atoms with Crippen LogP contribution in [-0.2, 0) is 0 Å². The highest BCUT2D eigenvalue weighted by Crippen LogP contribution is 2.16. The number of rotatable bonds is 5. The average Bonchev–Trinajstić information content (AvgIpc) is 3.03. The minimum atomic E-state index is -0.359. The van der Waals surface area contributed by atoms with E-state index in [1.165, 1.54) is 0 Å². The van der Waals surface area contributed by atoms with Gasteiger partial charge in [-0.15, -0.1) is 0 Å². The second-order valence-electron chi connectivity index (χ2n) is 5.76. The first-order valence-corrected chi connectivity index (χ1v) is 8.32. The van der Waals surface area contributed by atoms with Gasteiger partial charge in [0.05, 0.1) is 5.69 Å². The first kappa shape index (κ1) is 16.8. The molecule has 0 saturated heterocycles. The zero-order valence-corrected chi connectivity index (χ0v) is 14.4. The third-order valence-electron chi connectivity index (χ3n) is 3.91. The predicted octanol–water partition coefficient (Wildman–Crippen LogP) is 3.80. The summed E-state index contributed by atoms with van der Waals surface area (Å²) in [6, 6.07) is 13.8. The molecule has 4 nitrogen and oxygen atoms in total. The van der Waals surface area contributed by atoms with Crippen LogP contribution in [0.1, 0.15) is 18.2 Å². The molecule has 0 aliphatic rings. The lowest BCUT2D eigenvalue weighted by Gasteiger charge is -2.16. The fourth-order valence-electron chi connectivity index (χ4n) is 2.55. The van der Waals surface area contributed by atoms with Crippen molar-refractivity contribution in [1.29, 1.82) is 0 Å². The van der Waals surface area contributed by atoms with E-state index in [4.69, 9.17) is 0 Å². The summed E-state index contributed by atoms with van der Waals surface area (Å²) in [5, 5.41) is 4.23. The van der Waals surface area contributed by atoms with Crippen LogP contribution in [-0.4, -0.2) is 36.8 Å². The second kappa shape index (κ2) is 7.71. The van der Waals surface area contributed by atoms with Crippen molar-refractivity contribution in [1.82, 2.24) is 9.97 Å². The molecule has 0 spiro atoms. The maximum atomic E-state index is 12.4. The van der Waals surface area contributed by atoms with Crippen LogP contribution >= 0.6 is 0 Å². The summed E-state index contributed by atoms with van der Waals surface area (Å²) >= 11 is 0. The number of anilines is 2. The number of nitrogens with zero attached hydrogens (tertiary/aromatic N) is 2. The number of halogens is 1. The molecule has 0 saturated carbocycles. The molecule has 0 aliphatic heterocycles. The van der Waals surface area contributed by atoms with E-state index in [0.29, 0.717) is 6.54 Å². The molecular formula is C20H21FN4. The van der Waals surface area contributed by atoms with Crippen molar-refractivity contribution >= 4 is 22.5 Å². The van der Waals surface area contributed by atoms with Crippen LogP contribution in [0.15, 0.2) is 42.5 Å². The zero-order valence-electron chi connectivity index (χ0n) is 14.4. The Hall–Kier alpha value is -3.00. The van der Waals surface area contributed by atoms with E-state index in [9.17, 15) is 4.39 Å². The number of fused-ring (bicyclic) bond motifs is 1. The van der Waals surface area contributed by atoms with E-state index in [0.717, 1.165) is 40.3 Å². The molecule has 2 heterocycles. The minimum Gasteiger partial charge on any atom is -0.372 e. The van der Waals surface area contributed by atoms with Crippen LogP contribution in [0.3, 0.4) is 0 Å². The molecule has 0 amide bonds. The summed E-state index contributed by atoms with van der Waals surface area (Å²) in [6.07, 6.45) is 0. The maximum Gasteiger partial charge on any atom is 0.140 e. The molecule has 0 bridgehead atoms. The van der Waals surface area contributed by atoms with Crippen LogP contribution in [0.5, 0.6) is 0 Å². The van der Waals surface area contributed by atoms with Crippen molar-refractivity contribution in [3.8, 4) is 11.8 Å². The molecule has 0 unspecified atom stereocenters. The monoisotopic (exact) mass is 336 g/mol. The summed E-state index contributed by atoms with van der Waals surface area (Å²) in [4.78, 5) is 9.63. The smallest absolute Gasteiger partial charge is 0.140 e. The average molecular weight is 336 g/mol. The molecule has 2 N–H and O–H groups in total. The van der Waals surface area contributed by atoms with Gasteiger partial charge in [-0.2, -0.15) is 0 Å². The van der Waals surface area contributed by atoms with Crippen LogP contribution in [0.4, 0.5) is 15.9 Å². The topological polar surface area (TPSA) is 44.0 Å². The lowest BCUT2D eigenvalue weighted by molar-refractivity contribution is 0.497. The van der Waals surface area contributed by atoms with Crippen molar-refractivity contribution in [2.24, 2.45) is 0 Å². The van der Waals surface area contributed by atoms with E-state index in [-0.39, 0.29) is 6.67 Å². The van der Waals surface area contributed by atoms with Gasteiger partial charge in [0, 0.05) is 36.8 Å². The number of nitrogens with one attached hydrogen (secondary N) is 2. The van der Waals surface area contributed by atoms with Gasteiger partial charge in [0.2, 0.25) is 0 Å². The van der Waals surface area contributed by atoms with Crippen molar-refractivity contribution in [3.63, 3.8) is 0 Å². The number of hydrogen-bond acceptors (Lipinski definition) is 3. The number of pyridine rings is 1. The summed E-state index contributed by atoms with van der Waals surface area (Å²) < 4.78 is 12.4. The number of aromatic amines is 1. The van der Waals surface area contributed by atoms with Crippen LogP contribution < -0.4 is 10.2 Å². The van der Waals surface area contributed by atoms with E-state index in [2.05, 4.69) is 27.1 Å². The Morgan fingerprint density at radius 3 is 2.68 bits per heavy atom. The highest BCUT2D eigenvalue weighted by atomic mass is 19.1. The third kappa shape index (κ3) is 4.10.